The lowest BCUT2D eigenvalue weighted by Crippen LogP contribution is -2.54. The van der Waals surface area contributed by atoms with Crippen LogP contribution in [0.1, 0.15) is 35.2 Å². The number of benzene rings is 8. The second-order valence-corrected chi connectivity index (χ2v) is 14.5. The molecule has 2 atom stereocenters. The Bertz CT molecular complexity index is 2980. The quantitative estimate of drug-likeness (QED) is 0.159. The number of fused-ring (bicyclic) bond motifs is 6. The van der Waals surface area contributed by atoms with E-state index in [1.54, 1.807) is 0 Å². The molecule has 1 aliphatic heterocycles. The molecule has 1 fully saturated rings. The van der Waals surface area contributed by atoms with E-state index >= 15 is 0 Å². The van der Waals surface area contributed by atoms with E-state index in [2.05, 4.69) is 186 Å². The Morgan fingerprint density at radius 3 is 1.61 bits per heavy atom. The van der Waals surface area contributed by atoms with Gasteiger partial charge in [0.05, 0.1) is 18.5 Å². The van der Waals surface area contributed by atoms with Crippen molar-refractivity contribution >= 4 is 43.9 Å². The van der Waals surface area contributed by atoms with Gasteiger partial charge in [0.1, 0.15) is 22.3 Å². The Hall–Kier alpha value is -6.76. The Kier molecular flexibility index (Phi) is 7.88. The van der Waals surface area contributed by atoms with Gasteiger partial charge in [-0.25, -0.2) is 0 Å². The Morgan fingerprint density at radius 1 is 0.321 bits per heavy atom. The van der Waals surface area contributed by atoms with Crippen LogP contribution < -0.4 is 16.0 Å². The second-order valence-electron chi connectivity index (χ2n) is 14.5. The first-order valence-electron chi connectivity index (χ1n) is 19.2. The van der Waals surface area contributed by atoms with Crippen molar-refractivity contribution < 1.29 is 8.83 Å². The van der Waals surface area contributed by atoms with Crippen LogP contribution in [0.2, 0.25) is 0 Å². The summed E-state index contributed by atoms with van der Waals surface area (Å²) in [6.07, 6.45) is -0.230. The number of nitrogens with one attached hydrogen (secondary N) is 3. The maximum absolute atomic E-state index is 7.13. The van der Waals surface area contributed by atoms with Crippen LogP contribution >= 0.6 is 0 Å². The number of hydrogen-bond donors (Lipinski definition) is 3. The van der Waals surface area contributed by atoms with Crippen LogP contribution in [0, 0.1) is 0 Å². The summed E-state index contributed by atoms with van der Waals surface area (Å²) >= 11 is 0. The molecule has 1 saturated heterocycles. The highest BCUT2D eigenvalue weighted by molar-refractivity contribution is 6.21. The van der Waals surface area contributed by atoms with Gasteiger partial charge in [0.25, 0.3) is 0 Å². The summed E-state index contributed by atoms with van der Waals surface area (Å²) in [6, 6.07) is 66.2. The lowest BCUT2D eigenvalue weighted by molar-refractivity contribution is 0.203. The summed E-state index contributed by atoms with van der Waals surface area (Å²) in [5, 5.41) is 15.9. The highest BCUT2D eigenvalue weighted by Gasteiger charge is 2.30. The minimum Gasteiger partial charge on any atom is -0.456 e. The van der Waals surface area contributed by atoms with Crippen molar-refractivity contribution in [3.05, 3.63) is 205 Å². The molecule has 3 N–H and O–H groups in total. The first kappa shape index (κ1) is 32.7. The third-order valence-electron chi connectivity index (χ3n) is 11.2. The van der Waals surface area contributed by atoms with E-state index in [1.807, 2.05) is 18.2 Å². The molecule has 56 heavy (non-hydrogen) atoms. The van der Waals surface area contributed by atoms with E-state index < -0.39 is 0 Å². The number of furan rings is 2. The first-order valence-corrected chi connectivity index (χ1v) is 19.2. The van der Waals surface area contributed by atoms with E-state index in [9.17, 15) is 0 Å². The Balaban J connectivity index is 1.09. The fourth-order valence-electron chi connectivity index (χ4n) is 8.60. The van der Waals surface area contributed by atoms with Gasteiger partial charge in [-0.2, -0.15) is 0 Å². The van der Waals surface area contributed by atoms with Crippen LogP contribution in [0.4, 0.5) is 0 Å². The Labute approximate surface area is 324 Å². The van der Waals surface area contributed by atoms with Crippen molar-refractivity contribution in [1.82, 2.24) is 16.0 Å². The summed E-state index contributed by atoms with van der Waals surface area (Å²) < 4.78 is 13.5. The third kappa shape index (κ3) is 5.52. The monoisotopic (exact) mass is 723 g/mol. The second kappa shape index (κ2) is 13.5. The third-order valence-corrected chi connectivity index (χ3v) is 11.2. The van der Waals surface area contributed by atoms with Crippen LogP contribution in [0.3, 0.4) is 0 Å². The molecule has 2 unspecified atom stereocenters. The molecule has 0 aliphatic carbocycles. The van der Waals surface area contributed by atoms with Gasteiger partial charge in [0.15, 0.2) is 0 Å². The molecule has 5 nitrogen and oxygen atoms in total. The molecule has 0 radical (unpaired) electrons. The molecule has 0 spiro atoms. The average molecular weight is 724 g/mol. The highest BCUT2D eigenvalue weighted by atomic mass is 16.3. The lowest BCUT2D eigenvalue weighted by atomic mass is 9.92. The molecule has 10 aromatic rings. The van der Waals surface area contributed by atoms with Gasteiger partial charge in [0.2, 0.25) is 0 Å². The smallest absolute Gasteiger partial charge is 0.143 e. The molecule has 3 heterocycles. The number of rotatable bonds is 6. The van der Waals surface area contributed by atoms with Crippen molar-refractivity contribution in [1.29, 1.82) is 0 Å². The minimum absolute atomic E-state index is 0.0544. The zero-order valence-corrected chi connectivity index (χ0v) is 30.4. The van der Waals surface area contributed by atoms with E-state index in [-0.39, 0.29) is 18.5 Å². The molecule has 1 aliphatic rings. The standard InChI is InChI=1S/C51H37N3O2/c1-4-15-32(16-5-1)38-30-29-37(35-21-12-22-36(31-35)51-53-49(33-17-6-2-7-18-33)52-50(54-51)34-19-8-3-9-20-34)46-42-26-13-25-40(47(42)56-48(38)46)39-24-14-28-44-45(39)41-23-10-11-27-43(41)55-44/h1-31,49-54H. The number of hydrogen-bond acceptors (Lipinski definition) is 5. The fraction of sp³-hybridized carbons (Fsp3) is 0.0588. The minimum atomic E-state index is -0.122. The normalized spacial score (nSPS) is 17.2. The van der Waals surface area contributed by atoms with E-state index in [4.69, 9.17) is 8.83 Å². The van der Waals surface area contributed by atoms with Gasteiger partial charge in [-0.3, -0.25) is 16.0 Å². The van der Waals surface area contributed by atoms with Crippen molar-refractivity contribution in [2.45, 2.75) is 18.5 Å². The van der Waals surface area contributed by atoms with E-state index in [0.717, 1.165) is 82.8 Å². The molecule has 0 amide bonds. The van der Waals surface area contributed by atoms with Crippen molar-refractivity contribution in [2.24, 2.45) is 0 Å². The zero-order chi connectivity index (χ0) is 37.0. The van der Waals surface area contributed by atoms with Gasteiger partial charge in [0, 0.05) is 32.7 Å². The predicted molar refractivity (Wildman–Crippen MR) is 228 cm³/mol. The van der Waals surface area contributed by atoms with Gasteiger partial charge < -0.3 is 8.83 Å². The molecule has 2 aromatic heterocycles. The molecule has 0 saturated carbocycles. The highest BCUT2D eigenvalue weighted by Crippen LogP contribution is 2.46. The maximum atomic E-state index is 7.13. The topological polar surface area (TPSA) is 62.4 Å². The lowest BCUT2D eigenvalue weighted by Gasteiger charge is -2.39. The van der Waals surface area contributed by atoms with Crippen LogP contribution in [0.5, 0.6) is 0 Å². The summed E-state index contributed by atoms with van der Waals surface area (Å²) in [6.45, 7) is 0. The van der Waals surface area contributed by atoms with Crippen LogP contribution in [0.15, 0.2) is 197 Å². The average Bonchev–Trinajstić information content (AvgIpc) is 3.86. The molecule has 5 heteroatoms. The van der Waals surface area contributed by atoms with Gasteiger partial charge in [-0.1, -0.05) is 164 Å². The summed E-state index contributed by atoms with van der Waals surface area (Å²) in [5.41, 5.74) is 13.6. The maximum Gasteiger partial charge on any atom is 0.143 e. The zero-order valence-electron chi connectivity index (χ0n) is 30.4. The van der Waals surface area contributed by atoms with E-state index in [1.165, 1.54) is 11.1 Å². The summed E-state index contributed by atoms with van der Waals surface area (Å²) in [7, 11) is 0. The van der Waals surface area contributed by atoms with Crippen LogP contribution in [-0.4, -0.2) is 0 Å². The largest absolute Gasteiger partial charge is 0.456 e. The van der Waals surface area contributed by atoms with Crippen molar-refractivity contribution in [2.75, 3.05) is 0 Å². The number of para-hydroxylation sites is 2. The van der Waals surface area contributed by atoms with Gasteiger partial charge in [-0.05, 0) is 63.2 Å². The Morgan fingerprint density at radius 2 is 0.857 bits per heavy atom. The summed E-state index contributed by atoms with van der Waals surface area (Å²) in [5.74, 6) is 0. The van der Waals surface area contributed by atoms with E-state index in [0.29, 0.717) is 0 Å². The van der Waals surface area contributed by atoms with Gasteiger partial charge in [-0.15, -0.1) is 0 Å². The molecule has 268 valence electrons. The molecule has 8 aromatic carbocycles. The van der Waals surface area contributed by atoms with Crippen LogP contribution in [0.25, 0.3) is 77.3 Å². The fourth-order valence-corrected chi connectivity index (χ4v) is 8.60. The van der Waals surface area contributed by atoms with Gasteiger partial charge >= 0.3 is 0 Å². The predicted octanol–water partition coefficient (Wildman–Crippen LogP) is 12.7. The SMILES string of the molecule is c1ccc(-c2ccc(-c3cccc(C4NC(c5ccccc5)NC(c5ccccc5)N4)c3)c3c2oc2c(-c4cccc5oc6ccccc6c45)cccc23)cc1. The molecule has 11 rings (SSSR count). The molecular formula is C51H37N3O2. The van der Waals surface area contributed by atoms with Crippen molar-refractivity contribution in [3.8, 4) is 33.4 Å². The molecular weight excluding hydrogens is 687 g/mol. The first-order chi connectivity index (χ1) is 27.8. The summed E-state index contributed by atoms with van der Waals surface area (Å²) in [4.78, 5) is 0. The van der Waals surface area contributed by atoms with Crippen molar-refractivity contribution in [3.63, 3.8) is 0 Å². The van der Waals surface area contributed by atoms with Crippen LogP contribution in [-0.2, 0) is 0 Å². The molecule has 0 bridgehead atoms.